The van der Waals surface area contributed by atoms with Crippen LogP contribution in [0, 0.1) is 17.7 Å². The number of hydrogen-bond acceptors (Lipinski definition) is 2. The summed E-state index contributed by atoms with van der Waals surface area (Å²) in [5, 5.41) is 0. The van der Waals surface area contributed by atoms with Gasteiger partial charge >= 0.3 is 0 Å². The molecule has 2 heterocycles. The van der Waals surface area contributed by atoms with E-state index in [1.54, 1.807) is 35.4 Å². The van der Waals surface area contributed by atoms with Crippen molar-refractivity contribution in [2.24, 2.45) is 0 Å². The summed E-state index contributed by atoms with van der Waals surface area (Å²) >= 11 is 0. The van der Waals surface area contributed by atoms with Gasteiger partial charge in [0.15, 0.2) is 0 Å². The van der Waals surface area contributed by atoms with Crippen LogP contribution >= 0.6 is 0 Å². The number of amides is 1. The van der Waals surface area contributed by atoms with Crippen LogP contribution in [0.4, 0.5) is 4.39 Å². The number of benzene rings is 1. The van der Waals surface area contributed by atoms with E-state index in [9.17, 15) is 9.18 Å². The molecule has 0 aliphatic carbocycles. The van der Waals surface area contributed by atoms with Gasteiger partial charge < -0.3 is 4.90 Å². The van der Waals surface area contributed by atoms with Crippen LogP contribution in [0.15, 0.2) is 42.6 Å². The van der Waals surface area contributed by atoms with Gasteiger partial charge in [-0.2, -0.15) is 0 Å². The van der Waals surface area contributed by atoms with E-state index in [1.165, 1.54) is 12.1 Å². The summed E-state index contributed by atoms with van der Waals surface area (Å²) in [6.07, 6.45) is 2.63. The minimum atomic E-state index is -0.310. The van der Waals surface area contributed by atoms with Crippen molar-refractivity contribution in [2.45, 2.75) is 6.42 Å². The second-order valence-electron chi connectivity index (χ2n) is 4.84. The van der Waals surface area contributed by atoms with Crippen molar-refractivity contribution in [1.82, 2.24) is 9.88 Å². The van der Waals surface area contributed by atoms with E-state index in [0.717, 1.165) is 19.5 Å². The molecule has 0 spiro atoms. The maximum Gasteiger partial charge on any atom is 0.272 e. The van der Waals surface area contributed by atoms with E-state index in [4.69, 9.17) is 0 Å². The minimum absolute atomic E-state index is 0.0362. The molecule has 1 aromatic heterocycles. The van der Waals surface area contributed by atoms with Crippen molar-refractivity contribution in [3.05, 3.63) is 65.2 Å². The lowest BCUT2D eigenvalue weighted by molar-refractivity contribution is 0.0645. The van der Waals surface area contributed by atoms with Gasteiger partial charge in [0, 0.05) is 30.4 Å². The highest BCUT2D eigenvalue weighted by Crippen LogP contribution is 2.11. The SMILES string of the molecule is O=C(c1ccc(C#Cc2cccc(F)c2)cn1)N1CCC1. The minimum Gasteiger partial charge on any atom is -0.337 e. The normalized spacial score (nSPS) is 13.1. The standard InChI is InChI=1S/C17H13FN2O/c18-15-4-1-3-13(11-15)5-6-14-7-8-16(19-12-14)17(21)20-9-2-10-20/h1,3-4,7-8,11-12H,2,9-10H2. The van der Waals surface area contributed by atoms with Crippen LogP contribution < -0.4 is 0 Å². The molecule has 0 radical (unpaired) electrons. The molecule has 0 unspecified atom stereocenters. The lowest BCUT2D eigenvalue weighted by Crippen LogP contribution is -2.42. The van der Waals surface area contributed by atoms with Crippen LogP contribution in [0.2, 0.25) is 0 Å². The molecule has 0 N–H and O–H groups in total. The van der Waals surface area contributed by atoms with Crippen molar-refractivity contribution in [2.75, 3.05) is 13.1 Å². The highest BCUT2D eigenvalue weighted by atomic mass is 19.1. The fourth-order valence-corrected chi connectivity index (χ4v) is 1.99. The number of halogens is 1. The number of rotatable bonds is 1. The Morgan fingerprint density at radius 2 is 1.95 bits per heavy atom. The van der Waals surface area contributed by atoms with Gasteiger partial charge in [-0.15, -0.1) is 0 Å². The van der Waals surface area contributed by atoms with Gasteiger partial charge in [0.1, 0.15) is 11.5 Å². The molecule has 2 aromatic rings. The zero-order chi connectivity index (χ0) is 14.7. The second-order valence-corrected chi connectivity index (χ2v) is 4.84. The molecule has 1 aliphatic heterocycles. The highest BCUT2D eigenvalue weighted by molar-refractivity contribution is 5.92. The third-order valence-corrected chi connectivity index (χ3v) is 3.30. The molecule has 1 amide bonds. The van der Waals surface area contributed by atoms with Crippen LogP contribution in [-0.2, 0) is 0 Å². The fraction of sp³-hybridized carbons (Fsp3) is 0.176. The molecule has 104 valence electrons. The first-order valence-corrected chi connectivity index (χ1v) is 6.75. The first kappa shape index (κ1) is 13.3. The van der Waals surface area contributed by atoms with E-state index in [-0.39, 0.29) is 11.7 Å². The molecule has 1 aliphatic rings. The predicted molar refractivity (Wildman–Crippen MR) is 77.1 cm³/mol. The van der Waals surface area contributed by atoms with Gasteiger partial charge in [-0.05, 0) is 36.8 Å². The highest BCUT2D eigenvalue weighted by Gasteiger charge is 2.22. The summed E-state index contributed by atoms with van der Waals surface area (Å²) in [7, 11) is 0. The molecular formula is C17H13FN2O. The molecule has 3 nitrogen and oxygen atoms in total. The van der Waals surface area contributed by atoms with E-state index in [2.05, 4.69) is 16.8 Å². The van der Waals surface area contributed by atoms with E-state index < -0.39 is 0 Å². The molecule has 1 aromatic carbocycles. The van der Waals surface area contributed by atoms with E-state index >= 15 is 0 Å². The molecule has 0 saturated carbocycles. The third-order valence-electron chi connectivity index (χ3n) is 3.30. The van der Waals surface area contributed by atoms with Crippen LogP contribution in [0.25, 0.3) is 0 Å². The number of carbonyl (C=O) groups excluding carboxylic acids is 1. The molecule has 0 bridgehead atoms. The largest absolute Gasteiger partial charge is 0.337 e. The number of carbonyl (C=O) groups is 1. The Kier molecular flexibility index (Phi) is 3.65. The third kappa shape index (κ3) is 3.09. The average Bonchev–Trinajstić information content (AvgIpc) is 2.44. The van der Waals surface area contributed by atoms with E-state index in [0.29, 0.717) is 16.8 Å². The number of nitrogens with zero attached hydrogens (tertiary/aromatic N) is 2. The number of hydrogen-bond donors (Lipinski definition) is 0. The van der Waals surface area contributed by atoms with Gasteiger partial charge in [-0.3, -0.25) is 4.79 Å². The lowest BCUT2D eigenvalue weighted by atomic mass is 10.1. The smallest absolute Gasteiger partial charge is 0.272 e. The molecule has 1 fully saturated rings. The summed E-state index contributed by atoms with van der Waals surface area (Å²) in [6.45, 7) is 1.61. The lowest BCUT2D eigenvalue weighted by Gasteiger charge is -2.30. The van der Waals surface area contributed by atoms with Gasteiger partial charge in [-0.1, -0.05) is 17.9 Å². The summed E-state index contributed by atoms with van der Waals surface area (Å²) in [5.74, 6) is 5.43. The number of pyridine rings is 1. The Morgan fingerprint density at radius 3 is 2.57 bits per heavy atom. The maximum absolute atomic E-state index is 13.0. The molecule has 3 rings (SSSR count). The van der Waals surface area contributed by atoms with Crippen molar-refractivity contribution < 1.29 is 9.18 Å². The van der Waals surface area contributed by atoms with Crippen molar-refractivity contribution >= 4 is 5.91 Å². The zero-order valence-electron chi connectivity index (χ0n) is 11.3. The quantitative estimate of drug-likeness (QED) is 0.752. The Labute approximate surface area is 122 Å². The molecular weight excluding hydrogens is 267 g/mol. The summed E-state index contributed by atoms with van der Waals surface area (Å²) < 4.78 is 13.0. The summed E-state index contributed by atoms with van der Waals surface area (Å²) in [6, 6.07) is 9.55. The molecule has 21 heavy (non-hydrogen) atoms. The van der Waals surface area contributed by atoms with Crippen LogP contribution in [-0.4, -0.2) is 28.9 Å². The van der Waals surface area contributed by atoms with Crippen molar-refractivity contribution in [3.8, 4) is 11.8 Å². The monoisotopic (exact) mass is 280 g/mol. The van der Waals surface area contributed by atoms with Gasteiger partial charge in [-0.25, -0.2) is 9.37 Å². The van der Waals surface area contributed by atoms with Crippen molar-refractivity contribution in [1.29, 1.82) is 0 Å². The second kappa shape index (κ2) is 5.76. The van der Waals surface area contributed by atoms with Crippen LogP contribution in [0.3, 0.4) is 0 Å². The Balaban J connectivity index is 1.74. The topological polar surface area (TPSA) is 33.2 Å². The molecule has 0 atom stereocenters. The average molecular weight is 280 g/mol. The number of aromatic nitrogens is 1. The Hall–Kier alpha value is -2.67. The van der Waals surface area contributed by atoms with Crippen LogP contribution in [0.5, 0.6) is 0 Å². The number of likely N-dealkylation sites (tertiary alicyclic amines) is 1. The van der Waals surface area contributed by atoms with Crippen LogP contribution in [0.1, 0.15) is 28.0 Å². The molecule has 4 heteroatoms. The predicted octanol–water partition coefficient (Wildman–Crippen LogP) is 2.47. The summed E-state index contributed by atoms with van der Waals surface area (Å²) in [5.41, 5.74) is 1.74. The van der Waals surface area contributed by atoms with Gasteiger partial charge in [0.05, 0.1) is 0 Å². The van der Waals surface area contributed by atoms with Gasteiger partial charge in [0.25, 0.3) is 5.91 Å². The maximum atomic E-state index is 13.0. The fourth-order valence-electron chi connectivity index (χ4n) is 1.99. The molecule has 1 saturated heterocycles. The van der Waals surface area contributed by atoms with Crippen molar-refractivity contribution in [3.63, 3.8) is 0 Å². The summed E-state index contributed by atoms with van der Waals surface area (Å²) in [4.78, 5) is 17.8. The Morgan fingerprint density at radius 1 is 1.14 bits per heavy atom. The van der Waals surface area contributed by atoms with E-state index in [1.807, 2.05) is 0 Å². The van der Waals surface area contributed by atoms with Gasteiger partial charge in [0.2, 0.25) is 0 Å². The first-order valence-electron chi connectivity index (χ1n) is 6.75. The zero-order valence-corrected chi connectivity index (χ0v) is 11.3. The first-order chi connectivity index (χ1) is 10.2. The Bertz CT molecular complexity index is 724.